The lowest BCUT2D eigenvalue weighted by molar-refractivity contribution is -0.274. The van der Waals surface area contributed by atoms with Crippen molar-refractivity contribution >= 4 is 28.3 Å². The van der Waals surface area contributed by atoms with Crippen molar-refractivity contribution in [3.63, 3.8) is 0 Å². The van der Waals surface area contributed by atoms with E-state index in [-0.39, 0.29) is 42.7 Å². The van der Waals surface area contributed by atoms with Gasteiger partial charge in [-0.2, -0.15) is 0 Å². The molecule has 0 aliphatic carbocycles. The molecule has 4 N–H and O–H groups in total. The number of hydrogen-bond acceptors (Lipinski definition) is 5. The van der Waals surface area contributed by atoms with Crippen molar-refractivity contribution in [3.8, 4) is 5.75 Å². The lowest BCUT2D eigenvalue weighted by Crippen LogP contribution is -2.49. The van der Waals surface area contributed by atoms with Gasteiger partial charge in [-0.15, -0.1) is 25.6 Å². The number of nitrogens with one attached hydrogen (secondary N) is 2. The van der Waals surface area contributed by atoms with Crippen LogP contribution in [0.2, 0.25) is 0 Å². The Hall–Kier alpha value is -1.56. The number of sulfonamides is 1. The minimum Gasteiger partial charge on any atom is -0.406 e. The van der Waals surface area contributed by atoms with Crippen molar-refractivity contribution in [1.82, 2.24) is 10.0 Å². The zero-order chi connectivity index (χ0) is 19.3. The van der Waals surface area contributed by atoms with Crippen LogP contribution in [-0.4, -0.2) is 39.3 Å². The van der Waals surface area contributed by atoms with E-state index < -0.39 is 27.7 Å². The topological polar surface area (TPSA) is 111 Å². The number of alkyl halides is 3. The summed E-state index contributed by atoms with van der Waals surface area (Å²) in [4.78, 5) is 11.4. The van der Waals surface area contributed by atoms with E-state index in [0.717, 1.165) is 24.3 Å². The highest BCUT2D eigenvalue weighted by Crippen LogP contribution is 2.23. The van der Waals surface area contributed by atoms with Crippen LogP contribution in [-0.2, 0) is 14.8 Å². The van der Waals surface area contributed by atoms with E-state index in [1.165, 1.54) is 0 Å². The summed E-state index contributed by atoms with van der Waals surface area (Å²) >= 11 is 0. The maximum Gasteiger partial charge on any atom is 0.573 e. The quantitative estimate of drug-likeness (QED) is 0.591. The third-order valence-corrected chi connectivity index (χ3v) is 4.48. The summed E-state index contributed by atoms with van der Waals surface area (Å²) < 4.78 is 66.1. The molecular weight excluding hydrogens is 399 g/mol. The molecule has 0 bridgehead atoms. The SMILES string of the molecule is CC(C)(CN)NC(=O)CCNS(=O)(=O)c1ccc(OC(F)(F)F)cc1.Cl. The molecule has 0 spiro atoms. The molecule has 0 saturated heterocycles. The Morgan fingerprint density at radius 3 is 2.19 bits per heavy atom. The van der Waals surface area contributed by atoms with Gasteiger partial charge in [-0.05, 0) is 38.1 Å². The summed E-state index contributed by atoms with van der Waals surface area (Å²) in [6.45, 7) is 3.49. The maximum atomic E-state index is 12.1. The van der Waals surface area contributed by atoms with Crippen LogP contribution in [0.15, 0.2) is 29.2 Å². The number of amides is 1. The predicted molar refractivity (Wildman–Crippen MR) is 91.5 cm³/mol. The Morgan fingerprint density at radius 1 is 1.19 bits per heavy atom. The monoisotopic (exact) mass is 419 g/mol. The molecule has 0 saturated carbocycles. The van der Waals surface area contributed by atoms with Gasteiger partial charge in [0.1, 0.15) is 5.75 Å². The lowest BCUT2D eigenvalue weighted by atomic mass is 10.1. The number of nitrogens with two attached hydrogens (primary N) is 1. The van der Waals surface area contributed by atoms with Gasteiger partial charge in [-0.1, -0.05) is 0 Å². The van der Waals surface area contributed by atoms with Crippen LogP contribution >= 0.6 is 12.4 Å². The van der Waals surface area contributed by atoms with E-state index in [0.29, 0.717) is 0 Å². The van der Waals surface area contributed by atoms with Gasteiger partial charge in [0.25, 0.3) is 0 Å². The van der Waals surface area contributed by atoms with Crippen molar-refractivity contribution in [2.75, 3.05) is 13.1 Å². The molecule has 1 aromatic rings. The average molecular weight is 420 g/mol. The molecule has 0 aromatic heterocycles. The fourth-order valence-electron chi connectivity index (χ4n) is 1.69. The van der Waals surface area contributed by atoms with E-state index >= 15 is 0 Å². The molecule has 0 heterocycles. The number of carbonyl (C=O) groups is 1. The second kappa shape index (κ2) is 9.40. The van der Waals surface area contributed by atoms with Gasteiger partial charge in [-0.25, -0.2) is 13.1 Å². The normalized spacial score (nSPS) is 12.2. The summed E-state index contributed by atoms with van der Waals surface area (Å²) in [6.07, 6.45) is -4.97. The van der Waals surface area contributed by atoms with Crippen molar-refractivity contribution in [2.24, 2.45) is 5.73 Å². The highest BCUT2D eigenvalue weighted by Gasteiger charge is 2.31. The van der Waals surface area contributed by atoms with Gasteiger partial charge in [0.05, 0.1) is 4.90 Å². The van der Waals surface area contributed by atoms with Gasteiger partial charge in [0, 0.05) is 25.0 Å². The first-order valence-corrected chi connectivity index (χ1v) is 8.69. The van der Waals surface area contributed by atoms with Crippen LogP contribution in [0, 0.1) is 0 Å². The van der Waals surface area contributed by atoms with Crippen molar-refractivity contribution in [1.29, 1.82) is 0 Å². The molecule has 0 unspecified atom stereocenters. The van der Waals surface area contributed by atoms with Gasteiger partial charge in [0.2, 0.25) is 15.9 Å². The Balaban J connectivity index is 0.00000625. The number of halogens is 4. The highest BCUT2D eigenvalue weighted by atomic mass is 35.5. The summed E-state index contributed by atoms with van der Waals surface area (Å²) in [6, 6.07) is 3.72. The van der Waals surface area contributed by atoms with Gasteiger partial charge in [-0.3, -0.25) is 4.79 Å². The van der Waals surface area contributed by atoms with E-state index in [2.05, 4.69) is 14.8 Å². The smallest absolute Gasteiger partial charge is 0.406 e. The minimum atomic E-state index is -4.86. The van der Waals surface area contributed by atoms with Crippen molar-refractivity contribution in [2.45, 2.75) is 37.1 Å². The minimum absolute atomic E-state index is 0. The van der Waals surface area contributed by atoms with Crippen LogP contribution in [0.25, 0.3) is 0 Å². The first kappa shape index (κ1) is 24.4. The fraction of sp³-hybridized carbons (Fsp3) is 0.500. The Labute approximate surface area is 155 Å². The molecule has 0 radical (unpaired) electrons. The lowest BCUT2D eigenvalue weighted by Gasteiger charge is -2.24. The van der Waals surface area contributed by atoms with Crippen molar-refractivity contribution < 1.29 is 31.1 Å². The number of ether oxygens (including phenoxy) is 1. The largest absolute Gasteiger partial charge is 0.573 e. The van der Waals surface area contributed by atoms with Gasteiger partial charge in [0.15, 0.2) is 0 Å². The zero-order valence-corrected chi connectivity index (χ0v) is 15.7. The predicted octanol–water partition coefficient (Wildman–Crippen LogP) is 1.53. The van der Waals surface area contributed by atoms with E-state index in [1.54, 1.807) is 13.8 Å². The summed E-state index contributed by atoms with van der Waals surface area (Å²) in [5, 5.41) is 2.64. The molecule has 150 valence electrons. The molecular formula is C14H21ClF3N3O4S. The number of hydrogen-bond donors (Lipinski definition) is 3. The maximum absolute atomic E-state index is 12.1. The van der Waals surface area contributed by atoms with Gasteiger partial charge < -0.3 is 15.8 Å². The number of carbonyl (C=O) groups excluding carboxylic acids is 1. The molecule has 0 aliphatic heterocycles. The standard InChI is InChI=1S/C14H20F3N3O4S.ClH/c1-13(2,9-18)20-12(21)7-8-19-25(22,23)11-5-3-10(4-6-11)24-14(15,16)17;/h3-6,19H,7-9,18H2,1-2H3,(H,20,21);1H. The number of rotatable bonds is 8. The number of benzene rings is 1. The molecule has 0 aliphatic rings. The molecule has 0 atom stereocenters. The second-order valence-electron chi connectivity index (χ2n) is 5.80. The summed E-state index contributed by atoms with van der Waals surface area (Å²) in [7, 11) is -3.96. The third kappa shape index (κ3) is 8.70. The van der Waals surface area contributed by atoms with E-state index in [1.807, 2.05) is 0 Å². The molecule has 26 heavy (non-hydrogen) atoms. The fourth-order valence-corrected chi connectivity index (χ4v) is 2.73. The molecule has 1 aromatic carbocycles. The third-order valence-electron chi connectivity index (χ3n) is 3.00. The molecule has 1 rings (SSSR count). The molecule has 0 fully saturated rings. The van der Waals surface area contributed by atoms with Crippen molar-refractivity contribution in [3.05, 3.63) is 24.3 Å². The Bertz CT molecular complexity index is 694. The van der Waals surface area contributed by atoms with Crippen LogP contribution in [0.1, 0.15) is 20.3 Å². The van der Waals surface area contributed by atoms with Crippen LogP contribution in [0.4, 0.5) is 13.2 Å². The molecule has 1 amide bonds. The molecule has 7 nitrogen and oxygen atoms in total. The highest BCUT2D eigenvalue weighted by molar-refractivity contribution is 7.89. The van der Waals surface area contributed by atoms with Gasteiger partial charge >= 0.3 is 6.36 Å². The second-order valence-corrected chi connectivity index (χ2v) is 7.57. The zero-order valence-electron chi connectivity index (χ0n) is 14.1. The van der Waals surface area contributed by atoms with E-state index in [4.69, 9.17) is 5.73 Å². The first-order chi connectivity index (χ1) is 11.3. The average Bonchev–Trinajstić information content (AvgIpc) is 2.45. The Morgan fingerprint density at radius 2 is 1.73 bits per heavy atom. The Kier molecular flexibility index (Phi) is 8.83. The van der Waals surface area contributed by atoms with Crippen LogP contribution < -0.4 is 20.5 Å². The summed E-state index contributed by atoms with van der Waals surface area (Å²) in [5.74, 6) is -0.915. The summed E-state index contributed by atoms with van der Waals surface area (Å²) in [5.41, 5.74) is 4.87. The first-order valence-electron chi connectivity index (χ1n) is 7.21. The van der Waals surface area contributed by atoms with Crippen LogP contribution in [0.3, 0.4) is 0 Å². The van der Waals surface area contributed by atoms with E-state index in [9.17, 15) is 26.4 Å². The van der Waals surface area contributed by atoms with Crippen LogP contribution in [0.5, 0.6) is 5.75 Å². The molecule has 12 heteroatoms.